The number of carbonyl (C=O) groups is 1. The van der Waals surface area contributed by atoms with Crippen LogP contribution in [0.4, 0.5) is 14.9 Å². The van der Waals surface area contributed by atoms with Crippen LogP contribution in [0.1, 0.15) is 18.4 Å². The predicted molar refractivity (Wildman–Crippen MR) is 67.3 cm³/mol. The van der Waals surface area contributed by atoms with Crippen molar-refractivity contribution >= 4 is 11.8 Å². The highest BCUT2D eigenvalue weighted by Crippen LogP contribution is 2.44. The van der Waals surface area contributed by atoms with Crippen molar-refractivity contribution in [2.45, 2.75) is 18.4 Å². The first-order valence-electron chi connectivity index (χ1n) is 6.67. The number of fused-ring (bicyclic) bond motifs is 2. The minimum atomic E-state index is -0.644. The van der Waals surface area contributed by atoms with Gasteiger partial charge in [0, 0.05) is 25.2 Å². The Kier molecular flexibility index (Phi) is 2.18. The minimum absolute atomic E-state index is 0.293. The van der Waals surface area contributed by atoms with Gasteiger partial charge in [0.2, 0.25) is 0 Å². The van der Waals surface area contributed by atoms with Crippen LogP contribution < -0.4 is 5.32 Å². The molecule has 1 aromatic rings. The average Bonchev–Trinajstić information content (AvgIpc) is 3.12. The third-order valence-corrected chi connectivity index (χ3v) is 4.17. The Labute approximate surface area is 110 Å². The number of amides is 1. The quantitative estimate of drug-likeness (QED) is 0.889. The first-order valence-corrected chi connectivity index (χ1v) is 6.67. The molecule has 0 unspecified atom stereocenters. The average molecular weight is 262 g/mol. The Bertz CT molecular complexity index is 550. The summed E-state index contributed by atoms with van der Waals surface area (Å²) in [5.74, 6) is 0.514. The summed E-state index contributed by atoms with van der Waals surface area (Å²) in [6, 6.07) is 4.44. The molecule has 5 heteroatoms. The Morgan fingerprint density at radius 2 is 2.21 bits per heavy atom. The predicted octanol–water partition coefficient (Wildman–Crippen LogP) is 2.31. The number of carbonyl (C=O) groups excluding carboxylic acids is 1. The van der Waals surface area contributed by atoms with E-state index in [0.29, 0.717) is 18.8 Å². The van der Waals surface area contributed by atoms with E-state index in [1.807, 2.05) is 0 Å². The molecule has 2 heterocycles. The van der Waals surface area contributed by atoms with Gasteiger partial charge in [-0.15, -0.1) is 0 Å². The fourth-order valence-electron chi connectivity index (χ4n) is 3.08. The van der Waals surface area contributed by atoms with Crippen molar-refractivity contribution in [3.8, 4) is 0 Å². The molecule has 2 fully saturated rings. The normalized spacial score (nSPS) is 24.4. The lowest BCUT2D eigenvalue weighted by molar-refractivity contribution is -0.109. The van der Waals surface area contributed by atoms with Gasteiger partial charge in [0.25, 0.3) is 0 Å². The summed E-state index contributed by atoms with van der Waals surface area (Å²) in [5, 5.41) is 2.63. The van der Waals surface area contributed by atoms with Gasteiger partial charge in [0.05, 0.1) is 5.69 Å². The summed E-state index contributed by atoms with van der Waals surface area (Å²) < 4.78 is 18.9. The number of nitrogens with one attached hydrogen (secondary N) is 1. The zero-order valence-electron chi connectivity index (χ0n) is 10.5. The summed E-state index contributed by atoms with van der Waals surface area (Å²) in [5.41, 5.74) is 0.789. The SMILES string of the molecule is O=C1Nc2ccc(F)cc2C2(CN(CC3CC3)C2)O1. The van der Waals surface area contributed by atoms with Gasteiger partial charge in [0.15, 0.2) is 5.60 Å². The van der Waals surface area contributed by atoms with E-state index in [1.165, 1.54) is 25.0 Å². The summed E-state index contributed by atoms with van der Waals surface area (Å²) in [6.45, 7) is 2.41. The second-order valence-corrected chi connectivity index (χ2v) is 5.81. The first-order chi connectivity index (χ1) is 9.14. The summed E-state index contributed by atoms with van der Waals surface area (Å²) in [6.07, 6.45) is 2.16. The molecule has 1 saturated carbocycles. The first kappa shape index (κ1) is 11.2. The number of hydrogen-bond donors (Lipinski definition) is 1. The Morgan fingerprint density at radius 1 is 1.42 bits per heavy atom. The zero-order chi connectivity index (χ0) is 13.0. The largest absolute Gasteiger partial charge is 0.435 e. The molecular weight excluding hydrogens is 247 g/mol. The van der Waals surface area contributed by atoms with Crippen LogP contribution in [0.3, 0.4) is 0 Å². The van der Waals surface area contributed by atoms with Gasteiger partial charge in [-0.05, 0) is 37.0 Å². The highest BCUT2D eigenvalue weighted by Gasteiger charge is 2.52. The number of benzene rings is 1. The van der Waals surface area contributed by atoms with Crippen LogP contribution in [-0.4, -0.2) is 30.6 Å². The van der Waals surface area contributed by atoms with E-state index in [9.17, 15) is 9.18 Å². The van der Waals surface area contributed by atoms with Crippen molar-refractivity contribution in [2.75, 3.05) is 25.0 Å². The molecule has 1 aliphatic carbocycles. The van der Waals surface area contributed by atoms with Crippen LogP contribution in [0.5, 0.6) is 0 Å². The topological polar surface area (TPSA) is 41.6 Å². The van der Waals surface area contributed by atoms with Crippen LogP contribution in [0.15, 0.2) is 18.2 Å². The third kappa shape index (κ3) is 1.80. The maximum absolute atomic E-state index is 13.4. The second kappa shape index (κ2) is 3.70. The fraction of sp³-hybridized carbons (Fsp3) is 0.500. The number of anilines is 1. The Hall–Kier alpha value is -1.62. The van der Waals surface area contributed by atoms with Gasteiger partial charge in [-0.25, -0.2) is 9.18 Å². The molecule has 100 valence electrons. The van der Waals surface area contributed by atoms with E-state index >= 15 is 0 Å². The number of halogens is 1. The van der Waals surface area contributed by atoms with E-state index in [0.717, 1.165) is 18.0 Å². The number of ether oxygens (including phenoxy) is 1. The lowest BCUT2D eigenvalue weighted by Gasteiger charge is -2.51. The maximum Gasteiger partial charge on any atom is 0.412 e. The Balaban J connectivity index is 1.62. The van der Waals surface area contributed by atoms with Gasteiger partial charge in [-0.2, -0.15) is 0 Å². The van der Waals surface area contributed by atoms with Crippen LogP contribution in [-0.2, 0) is 10.3 Å². The van der Waals surface area contributed by atoms with E-state index in [1.54, 1.807) is 6.07 Å². The number of rotatable bonds is 2. The van der Waals surface area contributed by atoms with Crippen molar-refractivity contribution < 1.29 is 13.9 Å². The molecule has 0 bridgehead atoms. The molecule has 3 aliphatic rings. The highest BCUT2D eigenvalue weighted by atomic mass is 19.1. The van der Waals surface area contributed by atoms with Gasteiger partial charge < -0.3 is 4.74 Å². The van der Waals surface area contributed by atoms with Crippen LogP contribution in [0.2, 0.25) is 0 Å². The smallest absolute Gasteiger partial charge is 0.412 e. The van der Waals surface area contributed by atoms with Crippen molar-refractivity contribution in [3.05, 3.63) is 29.6 Å². The zero-order valence-corrected chi connectivity index (χ0v) is 10.5. The minimum Gasteiger partial charge on any atom is -0.435 e. The van der Waals surface area contributed by atoms with Crippen LogP contribution in [0.25, 0.3) is 0 Å². The lowest BCUT2D eigenvalue weighted by atomic mass is 9.83. The molecule has 2 aliphatic heterocycles. The van der Waals surface area contributed by atoms with Crippen LogP contribution >= 0.6 is 0 Å². The van der Waals surface area contributed by atoms with E-state index in [2.05, 4.69) is 10.2 Å². The molecule has 0 aromatic heterocycles. The molecule has 0 atom stereocenters. The summed E-state index contributed by atoms with van der Waals surface area (Å²) in [4.78, 5) is 13.9. The fourth-order valence-corrected chi connectivity index (χ4v) is 3.08. The molecule has 1 spiro atoms. The number of hydrogen-bond acceptors (Lipinski definition) is 3. The molecule has 1 amide bonds. The molecule has 1 N–H and O–H groups in total. The Morgan fingerprint density at radius 3 is 2.95 bits per heavy atom. The third-order valence-electron chi connectivity index (χ3n) is 4.17. The number of nitrogens with zero attached hydrogens (tertiary/aromatic N) is 1. The van der Waals surface area contributed by atoms with E-state index in [-0.39, 0.29) is 5.82 Å². The number of likely N-dealkylation sites (tertiary alicyclic amines) is 1. The summed E-state index contributed by atoms with van der Waals surface area (Å²) in [7, 11) is 0. The monoisotopic (exact) mass is 262 g/mol. The summed E-state index contributed by atoms with van der Waals surface area (Å²) >= 11 is 0. The second-order valence-electron chi connectivity index (χ2n) is 5.81. The standard InChI is InChI=1S/C14H15FN2O2/c15-10-3-4-12-11(5-10)14(19-13(18)16-12)7-17(8-14)6-9-1-2-9/h3-5,9H,1-2,6-8H2,(H,16,18). The molecule has 4 nitrogen and oxygen atoms in total. The molecule has 19 heavy (non-hydrogen) atoms. The highest BCUT2D eigenvalue weighted by molar-refractivity contribution is 5.89. The van der Waals surface area contributed by atoms with Crippen molar-refractivity contribution in [3.63, 3.8) is 0 Å². The van der Waals surface area contributed by atoms with Gasteiger partial charge >= 0.3 is 6.09 Å². The van der Waals surface area contributed by atoms with Crippen molar-refractivity contribution in [2.24, 2.45) is 5.92 Å². The van der Waals surface area contributed by atoms with Crippen molar-refractivity contribution in [1.82, 2.24) is 4.90 Å². The van der Waals surface area contributed by atoms with Gasteiger partial charge in [0.1, 0.15) is 5.82 Å². The van der Waals surface area contributed by atoms with E-state index in [4.69, 9.17) is 4.74 Å². The molecular formula is C14H15FN2O2. The lowest BCUT2D eigenvalue weighted by Crippen LogP contribution is -2.63. The molecule has 4 rings (SSSR count). The molecule has 1 saturated heterocycles. The molecule has 0 radical (unpaired) electrons. The van der Waals surface area contributed by atoms with Gasteiger partial charge in [-0.1, -0.05) is 0 Å². The molecule has 1 aromatic carbocycles. The van der Waals surface area contributed by atoms with E-state index < -0.39 is 11.7 Å². The van der Waals surface area contributed by atoms with Gasteiger partial charge in [-0.3, -0.25) is 10.2 Å². The maximum atomic E-state index is 13.4. The van der Waals surface area contributed by atoms with Crippen molar-refractivity contribution in [1.29, 1.82) is 0 Å². The van der Waals surface area contributed by atoms with Crippen LogP contribution in [0, 0.1) is 11.7 Å².